The van der Waals surface area contributed by atoms with Crippen LogP contribution in [0.1, 0.15) is 21.7 Å². The van der Waals surface area contributed by atoms with E-state index in [1.807, 2.05) is 17.5 Å². The fourth-order valence-electron chi connectivity index (χ4n) is 2.47. The van der Waals surface area contributed by atoms with Crippen LogP contribution in [-0.4, -0.2) is 23.9 Å². The quantitative estimate of drug-likeness (QED) is 0.841. The second-order valence-electron chi connectivity index (χ2n) is 5.06. The molecule has 1 amide bonds. The molecule has 2 N–H and O–H groups in total. The van der Waals surface area contributed by atoms with Crippen LogP contribution in [-0.2, 0) is 0 Å². The van der Waals surface area contributed by atoms with Gasteiger partial charge in [0.1, 0.15) is 5.82 Å². The van der Waals surface area contributed by atoms with Crippen molar-refractivity contribution in [2.45, 2.75) is 6.42 Å². The van der Waals surface area contributed by atoms with Gasteiger partial charge in [-0.2, -0.15) is 0 Å². The summed E-state index contributed by atoms with van der Waals surface area (Å²) in [6, 6.07) is 6.60. The molecule has 2 aromatic rings. The van der Waals surface area contributed by atoms with Gasteiger partial charge in [0.2, 0.25) is 0 Å². The Kier molecular flexibility index (Phi) is 4.18. The van der Waals surface area contributed by atoms with Crippen LogP contribution in [0, 0.1) is 5.82 Å². The number of halogens is 2. The predicted octanol–water partition coefficient (Wildman–Crippen LogP) is 4.05. The third kappa shape index (κ3) is 2.87. The van der Waals surface area contributed by atoms with Gasteiger partial charge >= 0.3 is 0 Å². The van der Waals surface area contributed by atoms with Crippen LogP contribution in [0.5, 0.6) is 0 Å². The number of hydrogen-bond donors (Lipinski definition) is 1. The van der Waals surface area contributed by atoms with E-state index in [4.69, 9.17) is 17.3 Å². The Labute approximate surface area is 136 Å². The molecule has 6 heteroatoms. The molecule has 114 valence electrons. The minimum absolute atomic E-state index is 0.123. The van der Waals surface area contributed by atoms with E-state index in [1.165, 1.54) is 16.5 Å². The Morgan fingerprint density at radius 3 is 2.86 bits per heavy atom. The summed E-state index contributed by atoms with van der Waals surface area (Å²) in [5, 5.41) is 2.20. The number of thiophene rings is 1. The van der Waals surface area contributed by atoms with Crippen molar-refractivity contribution in [2.75, 3.05) is 18.8 Å². The number of carbonyl (C=O) groups is 1. The van der Waals surface area contributed by atoms with Gasteiger partial charge in [0.15, 0.2) is 0 Å². The maximum absolute atomic E-state index is 13.6. The second kappa shape index (κ2) is 6.10. The van der Waals surface area contributed by atoms with E-state index in [0.29, 0.717) is 13.1 Å². The molecule has 0 saturated carbocycles. The van der Waals surface area contributed by atoms with Crippen molar-refractivity contribution in [1.29, 1.82) is 0 Å². The third-order valence-corrected chi connectivity index (χ3v) is 4.82. The summed E-state index contributed by atoms with van der Waals surface area (Å²) in [6.45, 7) is 1.07. The highest BCUT2D eigenvalue weighted by Gasteiger charge is 2.23. The van der Waals surface area contributed by atoms with Crippen LogP contribution in [0.2, 0.25) is 5.02 Å². The van der Waals surface area contributed by atoms with E-state index >= 15 is 0 Å². The largest absolute Gasteiger partial charge is 0.396 e. The molecule has 2 heterocycles. The minimum Gasteiger partial charge on any atom is -0.396 e. The molecule has 0 atom stereocenters. The lowest BCUT2D eigenvalue weighted by atomic mass is 10.0. The second-order valence-corrected chi connectivity index (χ2v) is 6.44. The van der Waals surface area contributed by atoms with E-state index in [-0.39, 0.29) is 22.2 Å². The van der Waals surface area contributed by atoms with Crippen LogP contribution in [0.15, 0.2) is 35.7 Å². The first-order chi connectivity index (χ1) is 10.6. The Morgan fingerprint density at radius 2 is 2.23 bits per heavy atom. The van der Waals surface area contributed by atoms with Gasteiger partial charge in [-0.25, -0.2) is 4.39 Å². The smallest absolute Gasteiger partial charge is 0.256 e. The highest BCUT2D eigenvalue weighted by atomic mass is 35.5. The van der Waals surface area contributed by atoms with E-state index in [1.54, 1.807) is 16.2 Å². The van der Waals surface area contributed by atoms with Crippen LogP contribution in [0.25, 0.3) is 5.57 Å². The molecular weight excluding hydrogens is 323 g/mol. The van der Waals surface area contributed by atoms with Gasteiger partial charge in [-0.3, -0.25) is 4.79 Å². The lowest BCUT2D eigenvalue weighted by Crippen LogP contribution is -2.35. The molecule has 0 spiro atoms. The topological polar surface area (TPSA) is 46.3 Å². The van der Waals surface area contributed by atoms with Gasteiger partial charge in [-0.05, 0) is 35.6 Å². The first kappa shape index (κ1) is 15.1. The van der Waals surface area contributed by atoms with Gasteiger partial charge in [-0.15, -0.1) is 11.3 Å². The van der Waals surface area contributed by atoms with E-state index in [9.17, 15) is 9.18 Å². The number of benzene rings is 1. The monoisotopic (exact) mass is 336 g/mol. The summed E-state index contributed by atoms with van der Waals surface area (Å²) < 4.78 is 13.6. The third-order valence-electron chi connectivity index (χ3n) is 3.66. The Balaban J connectivity index is 1.81. The summed E-state index contributed by atoms with van der Waals surface area (Å²) in [5.41, 5.74) is 6.88. The van der Waals surface area contributed by atoms with Gasteiger partial charge in [0.25, 0.3) is 5.91 Å². The van der Waals surface area contributed by atoms with Gasteiger partial charge in [0, 0.05) is 23.0 Å². The maximum Gasteiger partial charge on any atom is 0.256 e. The molecule has 22 heavy (non-hydrogen) atoms. The number of rotatable bonds is 2. The van der Waals surface area contributed by atoms with Gasteiger partial charge in [0.05, 0.1) is 11.3 Å². The van der Waals surface area contributed by atoms with Crippen molar-refractivity contribution in [3.63, 3.8) is 0 Å². The standard InChI is InChI=1S/C16H14ClFN2OS/c17-11-8-12(15(19)13(18)9-11)16(21)20-5-3-10(4-6-20)14-2-1-7-22-14/h1-3,7-9H,4-6,19H2. The molecule has 0 radical (unpaired) electrons. The number of nitrogens with two attached hydrogens (primary N) is 1. The summed E-state index contributed by atoms with van der Waals surface area (Å²) in [7, 11) is 0. The first-order valence-electron chi connectivity index (χ1n) is 6.83. The average Bonchev–Trinajstić information content (AvgIpc) is 3.05. The van der Waals surface area contributed by atoms with E-state index in [2.05, 4.69) is 6.07 Å². The summed E-state index contributed by atoms with van der Waals surface area (Å²) >= 11 is 7.50. The van der Waals surface area contributed by atoms with Crippen molar-refractivity contribution in [3.8, 4) is 0 Å². The molecule has 1 aliphatic heterocycles. The van der Waals surface area contributed by atoms with Crippen molar-refractivity contribution in [1.82, 2.24) is 4.90 Å². The highest BCUT2D eigenvalue weighted by molar-refractivity contribution is 7.11. The fourth-order valence-corrected chi connectivity index (χ4v) is 3.47. The number of nitrogen functional groups attached to an aromatic ring is 1. The first-order valence-corrected chi connectivity index (χ1v) is 8.08. The zero-order chi connectivity index (χ0) is 15.7. The van der Waals surface area contributed by atoms with Crippen LogP contribution in [0.4, 0.5) is 10.1 Å². The zero-order valence-electron chi connectivity index (χ0n) is 11.7. The van der Waals surface area contributed by atoms with E-state index in [0.717, 1.165) is 12.5 Å². The Hall–Kier alpha value is -1.85. The fraction of sp³-hybridized carbons (Fsp3) is 0.188. The minimum atomic E-state index is -0.664. The molecule has 1 aromatic heterocycles. The van der Waals surface area contributed by atoms with Gasteiger partial charge < -0.3 is 10.6 Å². The number of carbonyl (C=O) groups excluding carboxylic acids is 1. The number of amides is 1. The molecule has 1 aromatic carbocycles. The number of anilines is 1. The summed E-state index contributed by atoms with van der Waals surface area (Å²) in [5.74, 6) is -0.956. The van der Waals surface area contributed by atoms with Crippen LogP contribution >= 0.6 is 22.9 Å². The molecule has 0 bridgehead atoms. The van der Waals surface area contributed by atoms with Crippen LogP contribution in [0.3, 0.4) is 0 Å². The van der Waals surface area contributed by atoms with Crippen molar-refractivity contribution < 1.29 is 9.18 Å². The van der Waals surface area contributed by atoms with Gasteiger partial charge in [-0.1, -0.05) is 23.7 Å². The van der Waals surface area contributed by atoms with Crippen molar-refractivity contribution in [3.05, 3.63) is 57.0 Å². The summed E-state index contributed by atoms with van der Waals surface area (Å²) in [6.07, 6.45) is 2.81. The molecule has 0 fully saturated rings. The normalized spacial score (nSPS) is 14.8. The highest BCUT2D eigenvalue weighted by Crippen LogP contribution is 2.28. The Bertz CT molecular complexity index is 743. The molecule has 0 aliphatic carbocycles. The lowest BCUT2D eigenvalue weighted by molar-refractivity contribution is 0.0773. The van der Waals surface area contributed by atoms with E-state index < -0.39 is 5.82 Å². The number of hydrogen-bond acceptors (Lipinski definition) is 3. The molecule has 1 aliphatic rings. The molecule has 3 nitrogen and oxygen atoms in total. The zero-order valence-corrected chi connectivity index (χ0v) is 13.3. The summed E-state index contributed by atoms with van der Waals surface area (Å²) in [4.78, 5) is 15.4. The lowest BCUT2D eigenvalue weighted by Gasteiger charge is -2.27. The SMILES string of the molecule is Nc1c(F)cc(Cl)cc1C(=O)N1CC=C(c2cccs2)CC1. The average molecular weight is 337 g/mol. The van der Waals surface area contributed by atoms with Crippen molar-refractivity contribution >= 4 is 40.1 Å². The van der Waals surface area contributed by atoms with Crippen LogP contribution < -0.4 is 5.73 Å². The molecular formula is C16H14ClFN2OS. The molecule has 0 saturated heterocycles. The Morgan fingerprint density at radius 1 is 1.41 bits per heavy atom. The molecule has 3 rings (SSSR count). The maximum atomic E-state index is 13.6. The van der Waals surface area contributed by atoms with Crippen molar-refractivity contribution in [2.24, 2.45) is 0 Å². The number of nitrogens with zero attached hydrogens (tertiary/aromatic N) is 1. The predicted molar refractivity (Wildman–Crippen MR) is 88.6 cm³/mol. The molecule has 0 unspecified atom stereocenters.